The summed E-state index contributed by atoms with van der Waals surface area (Å²) in [5.74, 6) is -0.719. The summed E-state index contributed by atoms with van der Waals surface area (Å²) in [5.41, 5.74) is 2.52. The molecule has 0 aromatic heterocycles. The van der Waals surface area contributed by atoms with Gasteiger partial charge in [-0.3, -0.25) is 9.59 Å². The Morgan fingerprint density at radius 3 is 2.21 bits per heavy atom. The number of amides is 2. The van der Waals surface area contributed by atoms with E-state index >= 15 is 0 Å². The average Bonchev–Trinajstić information content (AvgIpc) is 2.84. The zero-order valence-electron chi connectivity index (χ0n) is 19.3. The molecular weight excluding hydrogens is 451 g/mol. The lowest BCUT2D eigenvalue weighted by molar-refractivity contribution is -0.140. The molecule has 0 fully saturated rings. The molecule has 0 spiro atoms. The van der Waals surface area contributed by atoms with Crippen LogP contribution in [0.5, 0.6) is 0 Å². The van der Waals surface area contributed by atoms with Crippen molar-refractivity contribution in [2.75, 3.05) is 6.54 Å². The normalized spacial score (nSPS) is 11.6. The molecule has 0 unspecified atom stereocenters. The number of rotatable bonds is 11. The molecule has 3 rings (SSSR count). The SMILES string of the molecule is CCCCNC(=O)[C@H](Cc1ccccc1)N(Cc1ccc(F)cc1)C(=O)Cc1ccc(Cl)cc1. The Bertz CT molecular complexity index is 1060. The van der Waals surface area contributed by atoms with Crippen molar-refractivity contribution in [3.8, 4) is 0 Å². The fourth-order valence-electron chi connectivity index (χ4n) is 3.73. The second-order valence-corrected chi connectivity index (χ2v) is 8.74. The lowest BCUT2D eigenvalue weighted by Crippen LogP contribution is -2.51. The molecule has 1 atom stereocenters. The monoisotopic (exact) mass is 480 g/mol. The number of hydrogen-bond donors (Lipinski definition) is 1. The van der Waals surface area contributed by atoms with Crippen LogP contribution in [0.1, 0.15) is 36.5 Å². The predicted octanol–water partition coefficient (Wildman–Crippen LogP) is 5.58. The van der Waals surface area contributed by atoms with Crippen molar-refractivity contribution in [1.29, 1.82) is 0 Å². The minimum Gasteiger partial charge on any atom is -0.354 e. The molecule has 2 amide bonds. The first-order valence-corrected chi connectivity index (χ1v) is 11.9. The van der Waals surface area contributed by atoms with Gasteiger partial charge in [-0.1, -0.05) is 79.5 Å². The lowest BCUT2D eigenvalue weighted by Gasteiger charge is -2.31. The molecule has 3 aromatic rings. The predicted molar refractivity (Wildman–Crippen MR) is 134 cm³/mol. The number of halogens is 2. The second-order valence-electron chi connectivity index (χ2n) is 8.30. The number of benzene rings is 3. The molecule has 0 aliphatic heterocycles. The highest BCUT2D eigenvalue weighted by atomic mass is 35.5. The summed E-state index contributed by atoms with van der Waals surface area (Å²) in [4.78, 5) is 28.5. The van der Waals surface area contributed by atoms with E-state index in [1.54, 1.807) is 29.2 Å². The van der Waals surface area contributed by atoms with Crippen LogP contribution in [0.25, 0.3) is 0 Å². The van der Waals surface area contributed by atoms with Gasteiger partial charge >= 0.3 is 0 Å². The van der Waals surface area contributed by atoms with Gasteiger partial charge in [-0.05, 0) is 47.4 Å². The van der Waals surface area contributed by atoms with E-state index in [9.17, 15) is 14.0 Å². The minimum atomic E-state index is -0.705. The molecule has 0 radical (unpaired) electrons. The maximum absolute atomic E-state index is 13.6. The number of unbranched alkanes of at least 4 members (excludes halogenated alkanes) is 1. The first-order chi connectivity index (χ1) is 16.5. The Morgan fingerprint density at radius 2 is 1.56 bits per heavy atom. The van der Waals surface area contributed by atoms with E-state index in [-0.39, 0.29) is 30.6 Å². The largest absolute Gasteiger partial charge is 0.354 e. The number of carbonyl (C=O) groups excluding carboxylic acids is 2. The molecule has 0 aliphatic carbocycles. The van der Waals surface area contributed by atoms with Gasteiger partial charge < -0.3 is 10.2 Å². The fourth-order valence-corrected chi connectivity index (χ4v) is 3.85. The van der Waals surface area contributed by atoms with Crippen molar-refractivity contribution in [3.05, 3.63) is 106 Å². The Hall–Kier alpha value is -3.18. The van der Waals surface area contributed by atoms with E-state index in [0.29, 0.717) is 18.0 Å². The summed E-state index contributed by atoms with van der Waals surface area (Å²) >= 11 is 5.99. The molecule has 34 heavy (non-hydrogen) atoms. The molecule has 6 heteroatoms. The number of hydrogen-bond acceptors (Lipinski definition) is 2. The van der Waals surface area contributed by atoms with Crippen LogP contribution in [0.4, 0.5) is 4.39 Å². The van der Waals surface area contributed by atoms with Gasteiger partial charge in [-0.25, -0.2) is 4.39 Å². The van der Waals surface area contributed by atoms with Crippen molar-refractivity contribution in [2.45, 2.75) is 45.2 Å². The molecule has 3 aromatic carbocycles. The molecule has 1 N–H and O–H groups in total. The van der Waals surface area contributed by atoms with Crippen LogP contribution in [-0.2, 0) is 29.0 Å². The van der Waals surface area contributed by atoms with Crippen LogP contribution in [0.2, 0.25) is 5.02 Å². The van der Waals surface area contributed by atoms with E-state index in [1.807, 2.05) is 42.5 Å². The van der Waals surface area contributed by atoms with E-state index in [2.05, 4.69) is 12.2 Å². The molecule has 4 nitrogen and oxygen atoms in total. The van der Waals surface area contributed by atoms with Crippen LogP contribution in [0.3, 0.4) is 0 Å². The number of nitrogens with one attached hydrogen (secondary N) is 1. The highest BCUT2D eigenvalue weighted by Crippen LogP contribution is 2.18. The van der Waals surface area contributed by atoms with Gasteiger partial charge in [-0.15, -0.1) is 0 Å². The first-order valence-electron chi connectivity index (χ1n) is 11.6. The summed E-state index contributed by atoms with van der Waals surface area (Å²) < 4.78 is 13.5. The van der Waals surface area contributed by atoms with Crippen molar-refractivity contribution < 1.29 is 14.0 Å². The van der Waals surface area contributed by atoms with E-state index in [0.717, 1.165) is 29.5 Å². The van der Waals surface area contributed by atoms with Gasteiger partial charge in [0.05, 0.1) is 6.42 Å². The summed E-state index contributed by atoms with van der Waals surface area (Å²) in [6.07, 6.45) is 2.33. The van der Waals surface area contributed by atoms with Crippen LogP contribution in [0.15, 0.2) is 78.9 Å². The number of nitrogens with zero attached hydrogens (tertiary/aromatic N) is 1. The zero-order chi connectivity index (χ0) is 24.3. The highest BCUT2D eigenvalue weighted by molar-refractivity contribution is 6.30. The summed E-state index contributed by atoms with van der Waals surface area (Å²) in [5, 5.41) is 3.59. The Labute approximate surface area is 205 Å². The van der Waals surface area contributed by atoms with Crippen LogP contribution >= 0.6 is 11.6 Å². The van der Waals surface area contributed by atoms with Crippen LogP contribution in [-0.4, -0.2) is 29.3 Å². The van der Waals surface area contributed by atoms with Gasteiger partial charge in [0, 0.05) is 24.5 Å². The summed E-state index contributed by atoms with van der Waals surface area (Å²) in [6.45, 7) is 2.81. The van der Waals surface area contributed by atoms with Gasteiger partial charge in [0.15, 0.2) is 0 Å². The molecule has 0 heterocycles. The molecule has 0 saturated heterocycles. The van der Waals surface area contributed by atoms with E-state index < -0.39 is 6.04 Å². The Balaban J connectivity index is 1.92. The minimum absolute atomic E-state index is 0.131. The lowest BCUT2D eigenvalue weighted by atomic mass is 10.0. The zero-order valence-corrected chi connectivity index (χ0v) is 20.1. The quantitative estimate of drug-likeness (QED) is 0.364. The van der Waals surface area contributed by atoms with E-state index in [1.165, 1.54) is 12.1 Å². The topological polar surface area (TPSA) is 49.4 Å². The highest BCUT2D eigenvalue weighted by Gasteiger charge is 2.30. The number of carbonyl (C=O) groups is 2. The summed E-state index contributed by atoms with van der Waals surface area (Å²) in [7, 11) is 0. The standard InChI is InChI=1S/C28H30ClFN2O2/c1-2-3-17-31-28(34)26(18-21-7-5-4-6-8-21)32(20-23-11-15-25(30)16-12-23)27(33)19-22-9-13-24(29)14-10-22/h4-16,26H,2-3,17-20H2,1H3,(H,31,34)/t26-/m0/s1. The van der Waals surface area contributed by atoms with Crippen LogP contribution < -0.4 is 5.32 Å². The van der Waals surface area contributed by atoms with Gasteiger partial charge in [0.2, 0.25) is 11.8 Å². The summed E-state index contributed by atoms with van der Waals surface area (Å²) in [6, 6.07) is 22.1. The third-order valence-electron chi connectivity index (χ3n) is 5.64. The van der Waals surface area contributed by atoms with Crippen LogP contribution in [0, 0.1) is 5.82 Å². The maximum atomic E-state index is 13.6. The molecule has 178 valence electrons. The third kappa shape index (κ3) is 7.70. The van der Waals surface area contributed by atoms with E-state index in [4.69, 9.17) is 11.6 Å². The first kappa shape index (κ1) is 25.4. The molecule has 0 aliphatic rings. The van der Waals surface area contributed by atoms with Gasteiger partial charge in [-0.2, -0.15) is 0 Å². The Morgan fingerprint density at radius 1 is 0.912 bits per heavy atom. The maximum Gasteiger partial charge on any atom is 0.243 e. The van der Waals surface area contributed by atoms with Crippen molar-refractivity contribution >= 4 is 23.4 Å². The van der Waals surface area contributed by atoms with Crippen molar-refractivity contribution in [1.82, 2.24) is 10.2 Å². The smallest absolute Gasteiger partial charge is 0.243 e. The second kappa shape index (κ2) is 12.9. The Kier molecular flexibility index (Phi) is 9.65. The fraction of sp³-hybridized carbons (Fsp3) is 0.286. The third-order valence-corrected chi connectivity index (χ3v) is 5.89. The molecule has 0 bridgehead atoms. The van der Waals surface area contributed by atoms with Gasteiger partial charge in [0.1, 0.15) is 11.9 Å². The van der Waals surface area contributed by atoms with Crippen molar-refractivity contribution in [2.24, 2.45) is 0 Å². The van der Waals surface area contributed by atoms with Crippen molar-refractivity contribution in [3.63, 3.8) is 0 Å². The van der Waals surface area contributed by atoms with Gasteiger partial charge in [0.25, 0.3) is 0 Å². The molecular formula is C28H30ClFN2O2. The molecule has 0 saturated carbocycles. The average molecular weight is 481 g/mol.